The average molecular weight is 305 g/mol. The van der Waals surface area contributed by atoms with Crippen molar-refractivity contribution in [2.24, 2.45) is 5.92 Å². The first-order chi connectivity index (χ1) is 10.4. The first-order valence-electron chi connectivity index (χ1n) is 7.47. The van der Waals surface area contributed by atoms with E-state index in [0.29, 0.717) is 6.54 Å². The highest BCUT2D eigenvalue weighted by Gasteiger charge is 2.56. The molecule has 0 unspecified atom stereocenters. The number of carbonyl (C=O) groups is 2. The molecule has 5 nitrogen and oxygen atoms in total. The zero-order valence-corrected chi connectivity index (χ0v) is 12.8. The lowest BCUT2D eigenvalue weighted by atomic mass is 9.96. The van der Waals surface area contributed by atoms with Gasteiger partial charge in [0, 0.05) is 6.54 Å². The molecule has 22 heavy (non-hydrogen) atoms. The van der Waals surface area contributed by atoms with Gasteiger partial charge in [0.25, 0.3) is 5.91 Å². The van der Waals surface area contributed by atoms with Gasteiger partial charge >= 0.3 is 6.03 Å². The first kappa shape index (κ1) is 15.0. The van der Waals surface area contributed by atoms with Gasteiger partial charge in [-0.25, -0.2) is 14.1 Å². The summed E-state index contributed by atoms with van der Waals surface area (Å²) in [4.78, 5) is 27.7. The summed E-state index contributed by atoms with van der Waals surface area (Å²) in [5, 5.41) is 2.82. The summed E-state index contributed by atoms with van der Waals surface area (Å²) >= 11 is 0. The molecule has 1 saturated carbocycles. The van der Waals surface area contributed by atoms with E-state index < -0.39 is 5.54 Å². The van der Waals surface area contributed by atoms with Gasteiger partial charge in [-0.2, -0.15) is 0 Å². The van der Waals surface area contributed by atoms with Crippen LogP contribution in [0.5, 0.6) is 0 Å². The van der Waals surface area contributed by atoms with Crippen LogP contribution in [-0.2, 0) is 11.3 Å². The quantitative estimate of drug-likeness (QED) is 0.846. The molecule has 0 aromatic heterocycles. The Hall–Kier alpha value is -1.95. The van der Waals surface area contributed by atoms with Gasteiger partial charge < -0.3 is 5.32 Å². The van der Waals surface area contributed by atoms with Crippen molar-refractivity contribution in [1.82, 2.24) is 15.1 Å². The van der Waals surface area contributed by atoms with Gasteiger partial charge in [-0.3, -0.25) is 9.69 Å². The Morgan fingerprint density at radius 3 is 2.77 bits per heavy atom. The number of hydrogen-bond donors (Lipinski definition) is 1. The number of urea groups is 1. The summed E-state index contributed by atoms with van der Waals surface area (Å²) in [6.45, 7) is 2.47. The van der Waals surface area contributed by atoms with Crippen molar-refractivity contribution in [2.45, 2.75) is 31.8 Å². The molecule has 3 amide bonds. The second-order valence-electron chi connectivity index (χ2n) is 6.43. The van der Waals surface area contributed by atoms with Gasteiger partial charge in [-0.05, 0) is 50.4 Å². The minimum Gasteiger partial charge on any atom is -0.323 e. The fourth-order valence-corrected chi connectivity index (χ4v) is 3.02. The molecule has 3 rings (SSSR count). The van der Waals surface area contributed by atoms with E-state index in [4.69, 9.17) is 0 Å². The number of halogens is 1. The minimum absolute atomic E-state index is 0.161. The zero-order chi connectivity index (χ0) is 15.9. The summed E-state index contributed by atoms with van der Waals surface area (Å²) in [5.41, 5.74) is 0.0519. The normalized spacial score (nSPS) is 25.0. The van der Waals surface area contributed by atoms with Gasteiger partial charge in [0.2, 0.25) is 0 Å². The van der Waals surface area contributed by atoms with Crippen LogP contribution >= 0.6 is 0 Å². The number of carbonyl (C=O) groups excluding carboxylic acids is 2. The Kier molecular flexibility index (Phi) is 3.64. The van der Waals surface area contributed by atoms with Crippen LogP contribution in [0.1, 0.15) is 25.3 Å². The molecule has 2 fully saturated rings. The number of rotatable bonds is 5. The molecule has 6 heteroatoms. The summed E-state index contributed by atoms with van der Waals surface area (Å²) in [7, 11) is 1.80. The van der Waals surface area contributed by atoms with Crippen molar-refractivity contribution in [1.29, 1.82) is 0 Å². The molecule has 1 aliphatic heterocycles. The minimum atomic E-state index is -0.753. The van der Waals surface area contributed by atoms with Crippen molar-refractivity contribution >= 4 is 11.9 Å². The van der Waals surface area contributed by atoms with Crippen molar-refractivity contribution in [3.05, 3.63) is 35.6 Å². The lowest BCUT2D eigenvalue weighted by molar-refractivity contribution is -0.132. The lowest BCUT2D eigenvalue weighted by Crippen LogP contribution is -2.46. The number of imide groups is 1. The molecule has 118 valence electrons. The van der Waals surface area contributed by atoms with Crippen molar-refractivity contribution in [2.75, 3.05) is 13.7 Å². The van der Waals surface area contributed by atoms with Gasteiger partial charge in [0.05, 0.1) is 6.67 Å². The predicted octanol–water partition coefficient (Wildman–Crippen LogP) is 1.94. The molecular weight excluding hydrogens is 285 g/mol. The molecule has 2 aliphatic rings. The van der Waals surface area contributed by atoms with Crippen LogP contribution in [-0.4, -0.2) is 41.0 Å². The Bertz CT molecular complexity index is 617. The fraction of sp³-hybridized carbons (Fsp3) is 0.500. The summed E-state index contributed by atoms with van der Waals surface area (Å²) in [6, 6.07) is 5.97. The highest BCUT2D eigenvalue weighted by Crippen LogP contribution is 2.42. The molecule has 0 radical (unpaired) electrons. The van der Waals surface area contributed by atoms with E-state index in [9.17, 15) is 14.0 Å². The molecular formula is C16H20FN3O2. The Balaban J connectivity index is 1.65. The van der Waals surface area contributed by atoms with Gasteiger partial charge in [0.1, 0.15) is 11.4 Å². The number of hydrogen-bond acceptors (Lipinski definition) is 3. The Morgan fingerprint density at radius 2 is 2.14 bits per heavy atom. The van der Waals surface area contributed by atoms with E-state index in [1.54, 1.807) is 20.0 Å². The molecule has 1 N–H and O–H groups in total. The van der Waals surface area contributed by atoms with Gasteiger partial charge in [-0.1, -0.05) is 12.1 Å². The topological polar surface area (TPSA) is 52.6 Å². The maximum atomic E-state index is 13.2. The van der Waals surface area contributed by atoms with E-state index in [1.807, 2.05) is 11.0 Å². The second-order valence-corrected chi connectivity index (χ2v) is 6.43. The first-order valence-corrected chi connectivity index (χ1v) is 7.47. The smallest absolute Gasteiger partial charge is 0.323 e. The van der Waals surface area contributed by atoms with Crippen LogP contribution < -0.4 is 5.32 Å². The number of amides is 3. The molecule has 0 bridgehead atoms. The van der Waals surface area contributed by atoms with Crippen molar-refractivity contribution < 1.29 is 14.0 Å². The lowest BCUT2D eigenvalue weighted by Gasteiger charge is -2.24. The maximum absolute atomic E-state index is 13.2. The van der Waals surface area contributed by atoms with E-state index >= 15 is 0 Å². The Morgan fingerprint density at radius 1 is 1.41 bits per heavy atom. The van der Waals surface area contributed by atoms with Gasteiger partial charge in [0.15, 0.2) is 0 Å². The standard InChI is InChI=1S/C16H20FN3O2/c1-16(12-6-7-12)14(21)20(15(22)18-16)10-19(2)9-11-4-3-5-13(17)8-11/h3-5,8,12H,6-7,9-10H2,1-2H3,(H,18,22)/t16-/m1/s1. The molecule has 1 aromatic carbocycles. The maximum Gasteiger partial charge on any atom is 0.326 e. The molecule has 1 aromatic rings. The Labute approximate surface area is 129 Å². The molecule has 0 spiro atoms. The van der Waals surface area contributed by atoms with Crippen LogP contribution in [0.2, 0.25) is 0 Å². The van der Waals surface area contributed by atoms with Crippen LogP contribution in [0.3, 0.4) is 0 Å². The third-order valence-electron chi connectivity index (χ3n) is 4.42. The average Bonchev–Trinajstić information content (AvgIpc) is 3.25. The van der Waals surface area contributed by atoms with Crippen LogP contribution in [0.4, 0.5) is 9.18 Å². The third kappa shape index (κ3) is 2.70. The highest BCUT2D eigenvalue weighted by atomic mass is 19.1. The van der Waals surface area contributed by atoms with Crippen LogP contribution in [0.15, 0.2) is 24.3 Å². The third-order valence-corrected chi connectivity index (χ3v) is 4.42. The predicted molar refractivity (Wildman–Crippen MR) is 79.2 cm³/mol. The highest BCUT2D eigenvalue weighted by molar-refractivity contribution is 6.07. The van der Waals surface area contributed by atoms with E-state index in [0.717, 1.165) is 18.4 Å². The number of nitrogens with one attached hydrogen (secondary N) is 1. The summed E-state index contributed by atoms with van der Waals surface area (Å²) in [6.07, 6.45) is 1.96. The van der Waals surface area contributed by atoms with E-state index in [2.05, 4.69) is 5.32 Å². The zero-order valence-electron chi connectivity index (χ0n) is 12.8. The van der Waals surface area contributed by atoms with Crippen LogP contribution in [0.25, 0.3) is 0 Å². The van der Waals surface area contributed by atoms with Crippen molar-refractivity contribution in [3.8, 4) is 0 Å². The molecule has 1 saturated heterocycles. The number of benzene rings is 1. The van der Waals surface area contributed by atoms with E-state index in [-0.39, 0.29) is 30.3 Å². The van der Waals surface area contributed by atoms with Gasteiger partial charge in [-0.15, -0.1) is 0 Å². The SMILES string of the molecule is CN(Cc1cccc(F)c1)CN1C(=O)N[C@](C)(C2CC2)C1=O. The number of nitrogens with zero attached hydrogens (tertiary/aromatic N) is 2. The fourth-order valence-electron chi connectivity index (χ4n) is 3.02. The van der Waals surface area contributed by atoms with Crippen molar-refractivity contribution in [3.63, 3.8) is 0 Å². The molecule has 1 aliphatic carbocycles. The van der Waals surface area contributed by atoms with Crippen LogP contribution in [0, 0.1) is 11.7 Å². The molecule has 1 heterocycles. The largest absolute Gasteiger partial charge is 0.326 e. The van der Waals surface area contributed by atoms with E-state index in [1.165, 1.54) is 17.0 Å². The monoisotopic (exact) mass is 305 g/mol. The second kappa shape index (κ2) is 5.35. The summed E-state index contributed by atoms with van der Waals surface area (Å²) in [5.74, 6) is -0.198. The molecule has 1 atom stereocenters. The summed E-state index contributed by atoms with van der Waals surface area (Å²) < 4.78 is 13.2.